The minimum absolute atomic E-state index is 0.0941. The van der Waals surface area contributed by atoms with E-state index in [9.17, 15) is 9.18 Å². The zero-order chi connectivity index (χ0) is 17.6. The van der Waals surface area contributed by atoms with Crippen molar-refractivity contribution < 1.29 is 13.9 Å². The van der Waals surface area contributed by atoms with Crippen molar-refractivity contribution in [1.29, 1.82) is 0 Å². The predicted molar refractivity (Wildman–Crippen MR) is 91.8 cm³/mol. The maximum Gasteiger partial charge on any atom is 0.257 e. The molecule has 4 rings (SSSR count). The number of amides is 1. The molecule has 0 radical (unpaired) electrons. The van der Waals surface area contributed by atoms with Gasteiger partial charge in [0.15, 0.2) is 5.82 Å². The highest BCUT2D eigenvalue weighted by molar-refractivity contribution is 6.28. The van der Waals surface area contributed by atoms with Crippen LogP contribution in [0.15, 0.2) is 30.5 Å². The maximum atomic E-state index is 13.5. The fourth-order valence-electron chi connectivity index (χ4n) is 3.52. The number of aromatic nitrogens is 2. The summed E-state index contributed by atoms with van der Waals surface area (Å²) < 4.78 is 18.8. The first-order valence-electron chi connectivity index (χ1n) is 7.97. The van der Waals surface area contributed by atoms with Gasteiger partial charge >= 0.3 is 0 Å². The lowest BCUT2D eigenvalue weighted by Gasteiger charge is -2.50. The first-order chi connectivity index (χ1) is 12.0. The number of likely N-dealkylation sites (N-methyl/N-ethyl adjacent to an activating group) is 1. The summed E-state index contributed by atoms with van der Waals surface area (Å²) in [7, 11) is 1.84. The molecule has 2 aliphatic heterocycles. The van der Waals surface area contributed by atoms with Crippen molar-refractivity contribution in [2.24, 2.45) is 0 Å². The number of hydrogen-bond donors (Lipinski definition) is 0. The van der Waals surface area contributed by atoms with Crippen LogP contribution >= 0.6 is 11.6 Å². The molecule has 3 heterocycles. The van der Waals surface area contributed by atoms with Crippen LogP contribution in [0.2, 0.25) is 5.28 Å². The fraction of sp³-hybridized carbons (Fsp3) is 0.353. The standard InChI is InChI=1S/C17H16ClFN4O2/c1-22-14-13(10-20-16(18)21-14)23(12-4-2-11(19)3-5-12)15(24)17(22)6-8-25-9-7-17/h2-5,10H,6-9H2,1H3. The summed E-state index contributed by atoms with van der Waals surface area (Å²) in [6, 6.07) is 5.80. The van der Waals surface area contributed by atoms with Crippen molar-refractivity contribution in [3.05, 3.63) is 41.6 Å². The molecule has 1 aromatic carbocycles. The van der Waals surface area contributed by atoms with Crippen LogP contribution in [0.4, 0.5) is 21.6 Å². The van der Waals surface area contributed by atoms with E-state index >= 15 is 0 Å². The van der Waals surface area contributed by atoms with Gasteiger partial charge in [-0.1, -0.05) is 0 Å². The number of nitrogens with zero attached hydrogens (tertiary/aromatic N) is 4. The fourth-order valence-corrected chi connectivity index (χ4v) is 3.65. The lowest BCUT2D eigenvalue weighted by molar-refractivity contribution is -0.126. The van der Waals surface area contributed by atoms with E-state index in [4.69, 9.17) is 16.3 Å². The van der Waals surface area contributed by atoms with Crippen LogP contribution in [0.25, 0.3) is 0 Å². The Morgan fingerprint density at radius 1 is 1.24 bits per heavy atom. The Bertz CT molecular complexity index is 824. The first-order valence-corrected chi connectivity index (χ1v) is 8.35. The van der Waals surface area contributed by atoms with Crippen LogP contribution in [0.5, 0.6) is 0 Å². The molecule has 2 aliphatic rings. The maximum absolute atomic E-state index is 13.5. The molecule has 0 atom stereocenters. The molecule has 6 nitrogen and oxygen atoms in total. The smallest absolute Gasteiger partial charge is 0.257 e. The summed E-state index contributed by atoms with van der Waals surface area (Å²) >= 11 is 5.99. The Balaban J connectivity index is 1.91. The minimum atomic E-state index is -0.767. The van der Waals surface area contributed by atoms with Crippen LogP contribution in [0.1, 0.15) is 12.8 Å². The van der Waals surface area contributed by atoms with E-state index in [0.29, 0.717) is 43.2 Å². The Morgan fingerprint density at radius 3 is 2.60 bits per heavy atom. The van der Waals surface area contributed by atoms with Crippen LogP contribution in [0.3, 0.4) is 0 Å². The van der Waals surface area contributed by atoms with Crippen LogP contribution in [-0.2, 0) is 9.53 Å². The highest BCUT2D eigenvalue weighted by Crippen LogP contribution is 2.45. The van der Waals surface area contributed by atoms with E-state index in [1.807, 2.05) is 11.9 Å². The summed E-state index contributed by atoms with van der Waals surface area (Å²) in [4.78, 5) is 25.3. The van der Waals surface area contributed by atoms with Gasteiger partial charge in [-0.15, -0.1) is 0 Å². The predicted octanol–water partition coefficient (Wildman–Crippen LogP) is 2.93. The van der Waals surface area contributed by atoms with Gasteiger partial charge in [0, 0.05) is 38.8 Å². The van der Waals surface area contributed by atoms with Crippen molar-refractivity contribution in [3.8, 4) is 0 Å². The second kappa shape index (κ2) is 5.93. The molecule has 1 amide bonds. The number of rotatable bonds is 1. The Kier molecular flexibility index (Phi) is 3.85. The topological polar surface area (TPSA) is 58.6 Å². The molecule has 0 unspecified atom stereocenters. The number of fused-ring (bicyclic) bond motifs is 1. The highest BCUT2D eigenvalue weighted by atomic mass is 35.5. The van der Waals surface area contributed by atoms with E-state index in [1.165, 1.54) is 18.3 Å². The van der Waals surface area contributed by atoms with E-state index < -0.39 is 5.54 Å². The average molecular weight is 363 g/mol. The Morgan fingerprint density at radius 2 is 1.92 bits per heavy atom. The highest BCUT2D eigenvalue weighted by Gasteiger charge is 2.51. The third-order valence-electron chi connectivity index (χ3n) is 4.93. The number of anilines is 3. The molecule has 0 N–H and O–H groups in total. The summed E-state index contributed by atoms with van der Waals surface area (Å²) in [6.07, 6.45) is 2.61. The summed E-state index contributed by atoms with van der Waals surface area (Å²) in [5, 5.41) is 0.112. The number of hydrogen-bond acceptors (Lipinski definition) is 5. The molecule has 25 heavy (non-hydrogen) atoms. The van der Waals surface area contributed by atoms with Gasteiger partial charge in [0.05, 0.1) is 6.20 Å². The monoisotopic (exact) mass is 362 g/mol. The number of carbonyl (C=O) groups excluding carboxylic acids is 1. The SMILES string of the molecule is CN1c2nc(Cl)ncc2N(c2ccc(F)cc2)C(=O)C12CCOCC2. The molecule has 0 aliphatic carbocycles. The molecule has 0 bridgehead atoms. The molecule has 1 saturated heterocycles. The Hall–Kier alpha value is -2.25. The molecule has 1 spiro atoms. The summed E-state index contributed by atoms with van der Waals surface area (Å²) in [5.74, 6) is 0.118. The van der Waals surface area contributed by atoms with Gasteiger partial charge in [0.1, 0.15) is 17.0 Å². The normalized spacial score (nSPS) is 19.2. The zero-order valence-electron chi connectivity index (χ0n) is 13.6. The molecule has 130 valence electrons. The average Bonchev–Trinajstić information content (AvgIpc) is 2.63. The Labute approximate surface area is 149 Å². The number of carbonyl (C=O) groups is 1. The van der Waals surface area contributed by atoms with Crippen molar-refractivity contribution in [2.45, 2.75) is 18.4 Å². The molecule has 2 aromatic rings. The quantitative estimate of drug-likeness (QED) is 0.730. The number of halogens is 2. The summed E-state index contributed by atoms with van der Waals surface area (Å²) in [5.41, 5.74) is 0.329. The lowest BCUT2D eigenvalue weighted by atomic mass is 9.84. The lowest BCUT2D eigenvalue weighted by Crippen LogP contribution is -2.63. The van der Waals surface area contributed by atoms with Gasteiger partial charge in [-0.25, -0.2) is 9.37 Å². The minimum Gasteiger partial charge on any atom is -0.381 e. The van der Waals surface area contributed by atoms with E-state index in [1.54, 1.807) is 17.0 Å². The van der Waals surface area contributed by atoms with Crippen LogP contribution < -0.4 is 9.80 Å². The summed E-state index contributed by atoms with van der Waals surface area (Å²) in [6.45, 7) is 0.975. The molecule has 1 fully saturated rings. The molecular formula is C17H16ClFN4O2. The zero-order valence-corrected chi connectivity index (χ0v) is 14.3. The van der Waals surface area contributed by atoms with E-state index in [0.717, 1.165) is 0 Å². The molecule has 8 heteroatoms. The van der Waals surface area contributed by atoms with E-state index in [-0.39, 0.29) is 17.0 Å². The van der Waals surface area contributed by atoms with Crippen molar-refractivity contribution in [1.82, 2.24) is 9.97 Å². The van der Waals surface area contributed by atoms with Crippen molar-refractivity contribution in [3.63, 3.8) is 0 Å². The second-order valence-corrected chi connectivity index (χ2v) is 6.51. The third-order valence-corrected chi connectivity index (χ3v) is 5.11. The number of benzene rings is 1. The largest absolute Gasteiger partial charge is 0.381 e. The van der Waals surface area contributed by atoms with Gasteiger partial charge in [0.25, 0.3) is 5.91 Å². The van der Waals surface area contributed by atoms with Gasteiger partial charge in [-0.05, 0) is 35.9 Å². The van der Waals surface area contributed by atoms with E-state index in [2.05, 4.69) is 9.97 Å². The molecule has 1 aromatic heterocycles. The van der Waals surface area contributed by atoms with Gasteiger partial charge in [-0.3, -0.25) is 9.69 Å². The van der Waals surface area contributed by atoms with Gasteiger partial charge < -0.3 is 9.64 Å². The van der Waals surface area contributed by atoms with Crippen molar-refractivity contribution >= 4 is 34.7 Å². The molecule has 0 saturated carbocycles. The molecular weight excluding hydrogens is 347 g/mol. The van der Waals surface area contributed by atoms with Gasteiger partial charge in [-0.2, -0.15) is 4.98 Å². The van der Waals surface area contributed by atoms with Crippen LogP contribution in [0, 0.1) is 5.82 Å². The third kappa shape index (κ3) is 2.46. The van der Waals surface area contributed by atoms with Crippen molar-refractivity contribution in [2.75, 3.05) is 30.1 Å². The van der Waals surface area contributed by atoms with Crippen LogP contribution in [-0.4, -0.2) is 41.7 Å². The number of ether oxygens (including phenoxy) is 1. The second-order valence-electron chi connectivity index (χ2n) is 6.17. The first kappa shape index (κ1) is 16.2. The van der Waals surface area contributed by atoms with Gasteiger partial charge in [0.2, 0.25) is 5.28 Å².